The van der Waals surface area contributed by atoms with E-state index in [1.54, 1.807) is 6.20 Å². The quantitative estimate of drug-likeness (QED) is 0.773. The van der Waals surface area contributed by atoms with Gasteiger partial charge in [0.25, 0.3) is 0 Å². The zero-order valence-corrected chi connectivity index (χ0v) is 9.27. The van der Waals surface area contributed by atoms with Gasteiger partial charge in [0.05, 0.1) is 0 Å². The number of nitrogen functional groups attached to an aromatic ring is 1. The van der Waals surface area contributed by atoms with Crippen LogP contribution in [-0.2, 0) is 0 Å². The van der Waals surface area contributed by atoms with Crippen LogP contribution in [0.25, 0.3) is 0 Å². The van der Waals surface area contributed by atoms with Gasteiger partial charge in [-0.05, 0) is 20.0 Å². The van der Waals surface area contributed by atoms with Gasteiger partial charge in [0.2, 0.25) is 0 Å². The second-order valence-corrected chi connectivity index (χ2v) is 3.53. The zero-order chi connectivity index (χ0) is 10.6. The Morgan fingerprint density at radius 1 is 1.50 bits per heavy atom. The van der Waals surface area contributed by atoms with E-state index >= 15 is 0 Å². The van der Waals surface area contributed by atoms with E-state index < -0.39 is 0 Å². The molecule has 14 heavy (non-hydrogen) atoms. The van der Waals surface area contributed by atoms with Crippen molar-refractivity contribution in [1.29, 1.82) is 0 Å². The van der Waals surface area contributed by atoms with Crippen molar-refractivity contribution in [3.63, 3.8) is 0 Å². The maximum absolute atomic E-state index is 5.73. The standard InChI is InChI=1S/C10H20N4/c1-4-13(5-2)8-9(3)14-7-6-12-10(14)11/h6-7,9H,4-5,8H2,1-3H3,(H2,11,12). The fourth-order valence-electron chi connectivity index (χ4n) is 1.64. The smallest absolute Gasteiger partial charge is 0.200 e. The number of nitrogens with two attached hydrogens (primary N) is 1. The van der Waals surface area contributed by atoms with Crippen molar-refractivity contribution in [3.05, 3.63) is 12.4 Å². The molecular formula is C10H20N4. The van der Waals surface area contributed by atoms with Crippen LogP contribution in [0, 0.1) is 0 Å². The maximum Gasteiger partial charge on any atom is 0.200 e. The first-order valence-corrected chi connectivity index (χ1v) is 5.19. The molecule has 0 amide bonds. The number of hydrogen-bond donors (Lipinski definition) is 1. The summed E-state index contributed by atoms with van der Waals surface area (Å²) in [5, 5.41) is 0. The number of hydrogen-bond acceptors (Lipinski definition) is 3. The lowest BCUT2D eigenvalue weighted by molar-refractivity contribution is 0.262. The van der Waals surface area contributed by atoms with Crippen LogP contribution in [0.15, 0.2) is 12.4 Å². The Labute approximate surface area is 85.7 Å². The topological polar surface area (TPSA) is 47.1 Å². The first-order chi connectivity index (χ1) is 6.69. The second-order valence-electron chi connectivity index (χ2n) is 3.53. The first-order valence-electron chi connectivity index (χ1n) is 5.19. The summed E-state index contributed by atoms with van der Waals surface area (Å²) in [7, 11) is 0. The Morgan fingerprint density at radius 3 is 2.57 bits per heavy atom. The highest BCUT2D eigenvalue weighted by Crippen LogP contribution is 2.11. The molecule has 1 unspecified atom stereocenters. The highest BCUT2D eigenvalue weighted by atomic mass is 15.2. The summed E-state index contributed by atoms with van der Waals surface area (Å²) in [5.41, 5.74) is 5.73. The molecule has 0 fully saturated rings. The maximum atomic E-state index is 5.73. The predicted molar refractivity (Wildman–Crippen MR) is 59.1 cm³/mol. The van der Waals surface area contributed by atoms with Gasteiger partial charge in [0.15, 0.2) is 5.95 Å². The Bertz CT molecular complexity index is 265. The molecule has 0 bridgehead atoms. The van der Waals surface area contributed by atoms with Crippen molar-refractivity contribution < 1.29 is 0 Å². The lowest BCUT2D eigenvalue weighted by Crippen LogP contribution is -2.29. The zero-order valence-electron chi connectivity index (χ0n) is 9.27. The van der Waals surface area contributed by atoms with Crippen molar-refractivity contribution >= 4 is 5.95 Å². The number of anilines is 1. The molecule has 0 saturated heterocycles. The van der Waals surface area contributed by atoms with Gasteiger partial charge in [0, 0.05) is 25.0 Å². The average Bonchev–Trinajstić information content (AvgIpc) is 2.60. The third-order valence-corrected chi connectivity index (χ3v) is 2.59. The molecule has 80 valence electrons. The SMILES string of the molecule is CCN(CC)CC(C)n1ccnc1N. The van der Waals surface area contributed by atoms with E-state index in [9.17, 15) is 0 Å². The van der Waals surface area contributed by atoms with Crippen LogP contribution in [0.1, 0.15) is 26.8 Å². The molecule has 2 N–H and O–H groups in total. The van der Waals surface area contributed by atoms with Crippen LogP contribution in [0.5, 0.6) is 0 Å². The van der Waals surface area contributed by atoms with E-state index in [4.69, 9.17) is 5.73 Å². The van der Waals surface area contributed by atoms with Gasteiger partial charge in [-0.25, -0.2) is 4.98 Å². The molecular weight excluding hydrogens is 176 g/mol. The van der Waals surface area contributed by atoms with Gasteiger partial charge in [-0.1, -0.05) is 13.8 Å². The molecule has 0 spiro atoms. The van der Waals surface area contributed by atoms with Crippen molar-refractivity contribution in [2.45, 2.75) is 26.8 Å². The fraction of sp³-hybridized carbons (Fsp3) is 0.700. The molecule has 1 aromatic rings. The third kappa shape index (κ3) is 2.48. The minimum Gasteiger partial charge on any atom is -0.369 e. The molecule has 1 atom stereocenters. The minimum absolute atomic E-state index is 0.386. The normalized spacial score (nSPS) is 13.4. The summed E-state index contributed by atoms with van der Waals surface area (Å²) < 4.78 is 2.01. The minimum atomic E-state index is 0.386. The van der Waals surface area contributed by atoms with Crippen molar-refractivity contribution in [2.24, 2.45) is 0 Å². The molecule has 0 saturated carbocycles. The number of rotatable bonds is 5. The van der Waals surface area contributed by atoms with Gasteiger partial charge in [0.1, 0.15) is 0 Å². The summed E-state index contributed by atoms with van der Waals surface area (Å²) in [5.74, 6) is 0.602. The molecule has 0 aromatic carbocycles. The van der Waals surface area contributed by atoms with E-state index in [0.29, 0.717) is 12.0 Å². The molecule has 4 heteroatoms. The summed E-state index contributed by atoms with van der Waals surface area (Å²) >= 11 is 0. The average molecular weight is 196 g/mol. The lowest BCUT2D eigenvalue weighted by Gasteiger charge is -2.23. The van der Waals surface area contributed by atoms with Gasteiger partial charge < -0.3 is 15.2 Å². The largest absolute Gasteiger partial charge is 0.369 e. The predicted octanol–water partition coefficient (Wildman–Crippen LogP) is 1.37. The molecule has 0 radical (unpaired) electrons. The van der Waals surface area contributed by atoms with Crippen LogP contribution in [0.3, 0.4) is 0 Å². The van der Waals surface area contributed by atoms with Gasteiger partial charge in [-0.2, -0.15) is 0 Å². The summed E-state index contributed by atoms with van der Waals surface area (Å²) in [6.45, 7) is 9.69. The van der Waals surface area contributed by atoms with Gasteiger partial charge >= 0.3 is 0 Å². The molecule has 0 aliphatic heterocycles. The van der Waals surface area contributed by atoms with Crippen LogP contribution in [-0.4, -0.2) is 34.1 Å². The molecule has 1 heterocycles. The molecule has 0 aliphatic rings. The van der Waals surface area contributed by atoms with Gasteiger partial charge in [-0.15, -0.1) is 0 Å². The van der Waals surface area contributed by atoms with Crippen molar-refractivity contribution in [1.82, 2.24) is 14.5 Å². The molecule has 1 rings (SSSR count). The Hall–Kier alpha value is -1.03. The molecule has 0 aliphatic carbocycles. The Morgan fingerprint density at radius 2 is 2.14 bits per heavy atom. The highest BCUT2D eigenvalue weighted by molar-refractivity contribution is 5.17. The van der Waals surface area contributed by atoms with Crippen molar-refractivity contribution in [2.75, 3.05) is 25.4 Å². The number of likely N-dealkylation sites (N-methyl/N-ethyl adjacent to an activating group) is 1. The fourth-order valence-corrected chi connectivity index (χ4v) is 1.64. The van der Waals surface area contributed by atoms with Crippen molar-refractivity contribution in [3.8, 4) is 0 Å². The Balaban J connectivity index is 2.58. The van der Waals surface area contributed by atoms with E-state index in [1.807, 2.05) is 10.8 Å². The van der Waals surface area contributed by atoms with Gasteiger partial charge in [-0.3, -0.25) is 0 Å². The lowest BCUT2D eigenvalue weighted by atomic mass is 10.3. The van der Waals surface area contributed by atoms with E-state index in [-0.39, 0.29) is 0 Å². The number of imidazole rings is 1. The third-order valence-electron chi connectivity index (χ3n) is 2.59. The summed E-state index contributed by atoms with van der Waals surface area (Å²) in [6, 6.07) is 0.386. The van der Waals surface area contributed by atoms with Crippen LogP contribution >= 0.6 is 0 Å². The number of nitrogens with zero attached hydrogens (tertiary/aromatic N) is 3. The summed E-state index contributed by atoms with van der Waals surface area (Å²) in [4.78, 5) is 6.40. The summed E-state index contributed by atoms with van der Waals surface area (Å²) in [6.07, 6.45) is 3.68. The van der Waals surface area contributed by atoms with E-state index in [0.717, 1.165) is 19.6 Å². The van der Waals surface area contributed by atoms with E-state index in [1.165, 1.54) is 0 Å². The first kappa shape index (κ1) is 11.0. The molecule has 1 aromatic heterocycles. The Kier molecular flexibility index (Phi) is 3.95. The van der Waals surface area contributed by atoms with E-state index in [2.05, 4.69) is 30.7 Å². The molecule has 4 nitrogen and oxygen atoms in total. The monoisotopic (exact) mass is 196 g/mol. The number of aromatic nitrogens is 2. The van der Waals surface area contributed by atoms with Crippen LogP contribution < -0.4 is 5.73 Å². The van der Waals surface area contributed by atoms with Crippen LogP contribution in [0.4, 0.5) is 5.95 Å². The highest BCUT2D eigenvalue weighted by Gasteiger charge is 2.10. The second kappa shape index (κ2) is 5.00. The van der Waals surface area contributed by atoms with Crippen LogP contribution in [0.2, 0.25) is 0 Å².